The van der Waals surface area contributed by atoms with Crippen molar-refractivity contribution in [1.29, 1.82) is 0 Å². The quantitative estimate of drug-likeness (QED) is 0.407. The molecule has 84 valence electrons. The molecule has 0 saturated heterocycles. The molecule has 0 spiro atoms. The molecule has 0 aromatic rings. The lowest BCUT2D eigenvalue weighted by Crippen LogP contribution is -2.00. The Bertz CT molecular complexity index is 264. The third-order valence-corrected chi connectivity index (χ3v) is 1.64. The molecule has 4 nitrogen and oxygen atoms in total. The highest BCUT2D eigenvalue weighted by Gasteiger charge is 2.30. The van der Waals surface area contributed by atoms with E-state index in [-0.39, 0.29) is 17.9 Å². The minimum atomic E-state index is -0.347. The summed E-state index contributed by atoms with van der Waals surface area (Å²) in [4.78, 5) is 20.7. The summed E-state index contributed by atoms with van der Waals surface area (Å²) in [6.45, 7) is 8.22. The van der Waals surface area contributed by atoms with E-state index in [0.29, 0.717) is 5.57 Å². The lowest BCUT2D eigenvalue weighted by atomic mass is 10.4. The van der Waals surface area contributed by atoms with Gasteiger partial charge in [-0.15, -0.1) is 0 Å². The van der Waals surface area contributed by atoms with Crippen molar-refractivity contribution in [3.8, 4) is 0 Å². The zero-order valence-electron chi connectivity index (χ0n) is 9.12. The van der Waals surface area contributed by atoms with Crippen LogP contribution >= 0.6 is 0 Å². The van der Waals surface area contributed by atoms with Crippen molar-refractivity contribution < 1.29 is 19.1 Å². The SMILES string of the molecule is C=C(C)C(=O)OC.C=COC(=O)C1CC1. The van der Waals surface area contributed by atoms with E-state index < -0.39 is 0 Å². The minimum absolute atomic E-state index is 0.125. The zero-order chi connectivity index (χ0) is 11.8. The van der Waals surface area contributed by atoms with Crippen LogP contribution in [0.5, 0.6) is 0 Å². The first-order valence-corrected chi connectivity index (χ1v) is 4.58. The van der Waals surface area contributed by atoms with Crippen LogP contribution in [0.3, 0.4) is 0 Å². The number of methoxy groups -OCH3 is 1. The first-order valence-electron chi connectivity index (χ1n) is 4.58. The summed E-state index contributed by atoms with van der Waals surface area (Å²) in [7, 11) is 1.33. The molecule has 0 heterocycles. The van der Waals surface area contributed by atoms with Crippen LogP contribution in [-0.4, -0.2) is 19.0 Å². The van der Waals surface area contributed by atoms with Crippen LogP contribution in [0.2, 0.25) is 0 Å². The maximum Gasteiger partial charge on any atom is 0.332 e. The molecule has 0 radical (unpaired) electrons. The average molecular weight is 212 g/mol. The number of rotatable bonds is 3. The van der Waals surface area contributed by atoms with Crippen LogP contribution in [-0.2, 0) is 19.1 Å². The van der Waals surface area contributed by atoms with Gasteiger partial charge >= 0.3 is 11.9 Å². The minimum Gasteiger partial charge on any atom is -0.466 e. The van der Waals surface area contributed by atoms with Crippen LogP contribution < -0.4 is 0 Å². The summed E-state index contributed by atoms with van der Waals surface area (Å²) in [6.07, 6.45) is 3.17. The molecule has 0 unspecified atom stereocenters. The van der Waals surface area contributed by atoms with Gasteiger partial charge in [0.05, 0.1) is 19.3 Å². The van der Waals surface area contributed by atoms with Crippen molar-refractivity contribution in [1.82, 2.24) is 0 Å². The Kier molecular flexibility index (Phi) is 6.09. The monoisotopic (exact) mass is 212 g/mol. The van der Waals surface area contributed by atoms with Gasteiger partial charge in [0, 0.05) is 5.57 Å². The third kappa shape index (κ3) is 6.49. The molecule has 1 aliphatic rings. The van der Waals surface area contributed by atoms with Gasteiger partial charge < -0.3 is 9.47 Å². The number of carbonyl (C=O) groups is 2. The van der Waals surface area contributed by atoms with E-state index in [4.69, 9.17) is 0 Å². The van der Waals surface area contributed by atoms with E-state index in [1.807, 2.05) is 0 Å². The van der Waals surface area contributed by atoms with E-state index >= 15 is 0 Å². The van der Waals surface area contributed by atoms with Gasteiger partial charge in [0.2, 0.25) is 0 Å². The van der Waals surface area contributed by atoms with Gasteiger partial charge in [-0.25, -0.2) is 4.79 Å². The second-order valence-electron chi connectivity index (χ2n) is 3.15. The second-order valence-corrected chi connectivity index (χ2v) is 3.15. The smallest absolute Gasteiger partial charge is 0.332 e. The molecule has 0 bridgehead atoms. The Labute approximate surface area is 89.6 Å². The maximum absolute atomic E-state index is 10.5. The van der Waals surface area contributed by atoms with Crippen LogP contribution in [0.25, 0.3) is 0 Å². The van der Waals surface area contributed by atoms with Gasteiger partial charge in [-0.2, -0.15) is 0 Å². The fourth-order valence-electron chi connectivity index (χ4n) is 0.672. The Balaban J connectivity index is 0.000000265. The molecular formula is C11H16O4. The van der Waals surface area contributed by atoms with E-state index in [9.17, 15) is 9.59 Å². The highest BCUT2D eigenvalue weighted by molar-refractivity contribution is 5.86. The average Bonchev–Trinajstić information content (AvgIpc) is 3.01. The van der Waals surface area contributed by atoms with Crippen LogP contribution in [0.1, 0.15) is 19.8 Å². The van der Waals surface area contributed by atoms with Crippen molar-refractivity contribution >= 4 is 11.9 Å². The van der Waals surface area contributed by atoms with Gasteiger partial charge in [-0.1, -0.05) is 13.2 Å². The number of ether oxygens (including phenoxy) is 2. The largest absolute Gasteiger partial charge is 0.466 e. The molecule has 0 atom stereocenters. The molecule has 0 N–H and O–H groups in total. The molecule has 1 fully saturated rings. The van der Waals surface area contributed by atoms with Crippen molar-refractivity contribution in [3.05, 3.63) is 25.0 Å². The summed E-state index contributed by atoms with van der Waals surface area (Å²) in [5.41, 5.74) is 0.433. The molecule has 4 heteroatoms. The van der Waals surface area contributed by atoms with Gasteiger partial charge in [-0.3, -0.25) is 4.79 Å². The molecular weight excluding hydrogens is 196 g/mol. The predicted molar refractivity (Wildman–Crippen MR) is 55.8 cm³/mol. The van der Waals surface area contributed by atoms with Crippen LogP contribution in [0.4, 0.5) is 0 Å². The topological polar surface area (TPSA) is 52.6 Å². The van der Waals surface area contributed by atoms with Crippen molar-refractivity contribution in [3.63, 3.8) is 0 Å². The highest BCUT2D eigenvalue weighted by Crippen LogP contribution is 2.29. The maximum atomic E-state index is 10.5. The standard InChI is InChI=1S/C6H8O2.C5H8O2/c1-2-8-6(7)5-3-4-5;1-4(2)5(6)7-3/h2,5H,1,3-4H2;1H2,2-3H3. The number of hydrogen-bond acceptors (Lipinski definition) is 4. The molecule has 1 aliphatic carbocycles. The molecule has 0 aliphatic heterocycles. The summed E-state index contributed by atoms with van der Waals surface area (Å²) in [6, 6.07) is 0. The zero-order valence-corrected chi connectivity index (χ0v) is 9.12. The third-order valence-electron chi connectivity index (χ3n) is 1.64. The fraction of sp³-hybridized carbons (Fsp3) is 0.455. The second kappa shape index (κ2) is 6.81. The van der Waals surface area contributed by atoms with Gasteiger partial charge in [0.1, 0.15) is 0 Å². The van der Waals surface area contributed by atoms with Crippen LogP contribution in [0, 0.1) is 5.92 Å². The van der Waals surface area contributed by atoms with E-state index in [0.717, 1.165) is 12.8 Å². The van der Waals surface area contributed by atoms with Crippen molar-refractivity contribution in [2.45, 2.75) is 19.8 Å². The lowest BCUT2D eigenvalue weighted by Gasteiger charge is -1.91. The van der Waals surface area contributed by atoms with E-state index in [2.05, 4.69) is 22.6 Å². The number of carbonyl (C=O) groups excluding carboxylic acids is 2. The fourth-order valence-corrected chi connectivity index (χ4v) is 0.672. The highest BCUT2D eigenvalue weighted by atomic mass is 16.5. The van der Waals surface area contributed by atoms with E-state index in [1.165, 1.54) is 13.4 Å². The van der Waals surface area contributed by atoms with Crippen LogP contribution in [0.15, 0.2) is 25.0 Å². The Morgan fingerprint density at radius 2 is 1.93 bits per heavy atom. The van der Waals surface area contributed by atoms with Gasteiger partial charge in [0.15, 0.2) is 0 Å². The molecule has 0 aromatic carbocycles. The Morgan fingerprint density at radius 1 is 1.40 bits per heavy atom. The number of hydrogen-bond donors (Lipinski definition) is 0. The molecule has 0 aromatic heterocycles. The van der Waals surface area contributed by atoms with Crippen molar-refractivity contribution in [2.24, 2.45) is 5.92 Å². The Hall–Kier alpha value is -1.58. The normalized spacial score (nSPS) is 12.9. The van der Waals surface area contributed by atoms with Gasteiger partial charge in [0.25, 0.3) is 0 Å². The first kappa shape index (κ1) is 13.4. The van der Waals surface area contributed by atoms with Crippen molar-refractivity contribution in [2.75, 3.05) is 7.11 Å². The summed E-state index contributed by atoms with van der Waals surface area (Å²) >= 11 is 0. The molecule has 15 heavy (non-hydrogen) atoms. The Morgan fingerprint density at radius 3 is 2.13 bits per heavy atom. The molecule has 1 rings (SSSR count). The van der Waals surface area contributed by atoms with Gasteiger partial charge in [-0.05, 0) is 19.8 Å². The molecule has 0 amide bonds. The lowest BCUT2D eigenvalue weighted by molar-refractivity contribution is -0.139. The first-order chi connectivity index (χ1) is 7.02. The summed E-state index contributed by atoms with van der Waals surface area (Å²) < 4.78 is 8.76. The number of esters is 2. The van der Waals surface area contributed by atoms with E-state index in [1.54, 1.807) is 6.92 Å². The predicted octanol–water partition coefficient (Wildman–Crippen LogP) is 1.82. The summed E-state index contributed by atoms with van der Waals surface area (Å²) in [5.74, 6) is -0.284. The summed E-state index contributed by atoms with van der Waals surface area (Å²) in [5, 5.41) is 0. The molecule has 1 saturated carbocycles.